The van der Waals surface area contributed by atoms with Crippen molar-refractivity contribution in [3.05, 3.63) is 41.8 Å². The minimum absolute atomic E-state index is 0.129. The molecule has 2 aromatic rings. The number of aromatic carboxylic acids is 1. The van der Waals surface area contributed by atoms with Gasteiger partial charge in [0.2, 0.25) is 0 Å². The van der Waals surface area contributed by atoms with Gasteiger partial charge in [0.1, 0.15) is 0 Å². The highest BCUT2D eigenvalue weighted by Gasteiger charge is 2.12. The Morgan fingerprint density at radius 3 is 2.94 bits per heavy atom. The van der Waals surface area contributed by atoms with E-state index in [4.69, 9.17) is 15.4 Å². The number of nitrogens with two attached hydrogens (primary N) is 1. The summed E-state index contributed by atoms with van der Waals surface area (Å²) in [4.78, 5) is 11.0. The van der Waals surface area contributed by atoms with Crippen LogP contribution in [-0.2, 0) is 6.54 Å². The highest BCUT2D eigenvalue weighted by molar-refractivity contribution is 5.97. The van der Waals surface area contributed by atoms with Crippen LogP contribution in [0.2, 0.25) is 0 Å². The van der Waals surface area contributed by atoms with Crippen LogP contribution in [0.25, 0.3) is 0 Å². The van der Waals surface area contributed by atoms with Gasteiger partial charge in [0.25, 0.3) is 0 Å². The van der Waals surface area contributed by atoms with Crippen LogP contribution in [-0.4, -0.2) is 16.2 Å². The van der Waals surface area contributed by atoms with E-state index in [0.717, 1.165) is 0 Å². The Balaban J connectivity index is 2.22. The molecule has 0 aliphatic carbocycles. The first-order chi connectivity index (χ1) is 8.18. The average Bonchev–Trinajstić information content (AvgIpc) is 2.80. The number of benzene rings is 1. The highest BCUT2D eigenvalue weighted by Crippen LogP contribution is 2.24. The van der Waals surface area contributed by atoms with Crippen LogP contribution < -0.4 is 11.1 Å². The van der Waals surface area contributed by atoms with Crippen LogP contribution >= 0.6 is 0 Å². The summed E-state index contributed by atoms with van der Waals surface area (Å²) >= 11 is 0. The number of carboxylic acids is 1. The smallest absolute Gasteiger partial charge is 0.337 e. The number of nitrogens with zero attached hydrogens (tertiary/aromatic N) is 1. The Morgan fingerprint density at radius 2 is 2.29 bits per heavy atom. The second-order valence-corrected chi connectivity index (χ2v) is 3.41. The number of para-hydroxylation sites is 1. The molecule has 0 fully saturated rings. The fourth-order valence-electron chi connectivity index (χ4n) is 1.45. The van der Waals surface area contributed by atoms with Gasteiger partial charge in [-0.05, 0) is 12.1 Å². The van der Waals surface area contributed by atoms with Crippen LogP contribution in [0.1, 0.15) is 16.1 Å². The number of carboxylic acid groups (broad SMARTS) is 1. The lowest BCUT2D eigenvalue weighted by molar-refractivity contribution is 0.0698. The summed E-state index contributed by atoms with van der Waals surface area (Å²) < 4.78 is 4.89. The van der Waals surface area contributed by atoms with E-state index >= 15 is 0 Å². The van der Waals surface area contributed by atoms with E-state index in [1.807, 2.05) is 0 Å². The Bertz CT molecular complexity index is 523. The molecule has 0 atom stereocenters. The van der Waals surface area contributed by atoms with Crippen LogP contribution in [0.4, 0.5) is 11.4 Å². The summed E-state index contributed by atoms with van der Waals surface area (Å²) in [7, 11) is 0. The van der Waals surface area contributed by atoms with E-state index in [0.29, 0.717) is 23.7 Å². The molecule has 0 aliphatic heterocycles. The van der Waals surface area contributed by atoms with E-state index in [-0.39, 0.29) is 5.56 Å². The van der Waals surface area contributed by atoms with Crippen molar-refractivity contribution >= 4 is 17.3 Å². The summed E-state index contributed by atoms with van der Waals surface area (Å²) in [6.45, 7) is 0.328. The maximum absolute atomic E-state index is 11.0. The largest absolute Gasteiger partial charge is 0.478 e. The van der Waals surface area contributed by atoms with Crippen LogP contribution in [0.15, 0.2) is 35.0 Å². The first-order valence-corrected chi connectivity index (χ1v) is 4.93. The van der Waals surface area contributed by atoms with Gasteiger partial charge in [0, 0.05) is 6.07 Å². The zero-order valence-electron chi connectivity index (χ0n) is 8.88. The van der Waals surface area contributed by atoms with Gasteiger partial charge in [-0.1, -0.05) is 11.2 Å². The molecule has 1 aromatic carbocycles. The highest BCUT2D eigenvalue weighted by atomic mass is 16.5. The summed E-state index contributed by atoms with van der Waals surface area (Å²) in [6.07, 6.45) is 1.52. The van der Waals surface area contributed by atoms with Crippen molar-refractivity contribution in [1.29, 1.82) is 0 Å². The van der Waals surface area contributed by atoms with Gasteiger partial charge < -0.3 is 20.7 Å². The molecule has 88 valence electrons. The summed E-state index contributed by atoms with van der Waals surface area (Å²) in [5.41, 5.74) is 6.62. The molecule has 0 unspecified atom stereocenters. The lowest BCUT2D eigenvalue weighted by Gasteiger charge is -2.10. The molecule has 0 amide bonds. The van der Waals surface area contributed by atoms with Crippen molar-refractivity contribution in [2.24, 2.45) is 0 Å². The summed E-state index contributed by atoms with van der Waals surface area (Å²) in [6, 6.07) is 6.40. The van der Waals surface area contributed by atoms with Crippen LogP contribution in [0, 0.1) is 0 Å². The number of nitrogens with one attached hydrogen (secondary N) is 1. The third-order valence-electron chi connectivity index (χ3n) is 2.26. The topological polar surface area (TPSA) is 101 Å². The van der Waals surface area contributed by atoms with Gasteiger partial charge in [-0.2, -0.15) is 0 Å². The predicted molar refractivity (Wildman–Crippen MR) is 61.6 cm³/mol. The quantitative estimate of drug-likeness (QED) is 0.693. The lowest BCUT2D eigenvalue weighted by Crippen LogP contribution is -2.08. The first kappa shape index (κ1) is 11.0. The van der Waals surface area contributed by atoms with Gasteiger partial charge in [-0.25, -0.2) is 4.79 Å². The molecule has 0 aliphatic rings. The molecule has 4 N–H and O–H groups in total. The molecular formula is C11H11N3O3. The molecule has 6 nitrogen and oxygen atoms in total. The van der Waals surface area contributed by atoms with Crippen molar-refractivity contribution in [2.75, 3.05) is 11.1 Å². The van der Waals surface area contributed by atoms with Gasteiger partial charge in [-0.3, -0.25) is 0 Å². The normalized spacial score (nSPS) is 10.1. The molecule has 17 heavy (non-hydrogen) atoms. The Kier molecular flexibility index (Phi) is 2.95. The van der Waals surface area contributed by atoms with Gasteiger partial charge in [-0.15, -0.1) is 0 Å². The van der Waals surface area contributed by atoms with Gasteiger partial charge >= 0.3 is 5.97 Å². The zero-order valence-corrected chi connectivity index (χ0v) is 8.88. The number of carbonyl (C=O) groups is 1. The van der Waals surface area contributed by atoms with Crippen LogP contribution in [0.3, 0.4) is 0 Å². The molecule has 0 bridgehead atoms. The molecule has 0 radical (unpaired) electrons. The maximum atomic E-state index is 11.0. The van der Waals surface area contributed by atoms with Crippen LogP contribution in [0.5, 0.6) is 0 Å². The van der Waals surface area contributed by atoms with Crippen molar-refractivity contribution in [2.45, 2.75) is 6.54 Å². The van der Waals surface area contributed by atoms with Crippen molar-refractivity contribution in [1.82, 2.24) is 5.16 Å². The fourth-order valence-corrected chi connectivity index (χ4v) is 1.45. The second kappa shape index (κ2) is 4.56. The molecular weight excluding hydrogens is 222 g/mol. The fraction of sp³-hybridized carbons (Fsp3) is 0.0909. The number of hydrogen-bond donors (Lipinski definition) is 3. The van der Waals surface area contributed by atoms with Crippen molar-refractivity contribution in [3.8, 4) is 0 Å². The molecule has 1 aromatic heterocycles. The molecule has 1 heterocycles. The molecule has 0 saturated heterocycles. The number of rotatable bonds is 4. The number of anilines is 2. The predicted octanol–water partition coefficient (Wildman–Crippen LogP) is 1.57. The van der Waals surface area contributed by atoms with Gasteiger partial charge in [0.05, 0.1) is 29.7 Å². The first-order valence-electron chi connectivity index (χ1n) is 4.93. The third-order valence-corrected chi connectivity index (χ3v) is 2.26. The second-order valence-electron chi connectivity index (χ2n) is 3.41. The zero-order chi connectivity index (χ0) is 12.3. The minimum Gasteiger partial charge on any atom is -0.478 e. The van der Waals surface area contributed by atoms with E-state index < -0.39 is 5.97 Å². The monoisotopic (exact) mass is 233 g/mol. The molecule has 0 saturated carbocycles. The molecule has 6 heteroatoms. The van der Waals surface area contributed by atoms with Crippen molar-refractivity contribution in [3.63, 3.8) is 0 Å². The Hall–Kier alpha value is -2.50. The van der Waals surface area contributed by atoms with E-state index in [9.17, 15) is 4.79 Å². The SMILES string of the molecule is Nc1cccc(C(=O)O)c1NCc1ccno1. The third kappa shape index (κ3) is 2.36. The van der Waals surface area contributed by atoms with E-state index in [2.05, 4.69) is 10.5 Å². The van der Waals surface area contributed by atoms with Crippen molar-refractivity contribution < 1.29 is 14.4 Å². The Labute approximate surface area is 97.0 Å². The van der Waals surface area contributed by atoms with E-state index in [1.54, 1.807) is 18.2 Å². The maximum Gasteiger partial charge on any atom is 0.337 e. The number of nitrogen functional groups attached to an aromatic ring is 1. The minimum atomic E-state index is -1.03. The standard InChI is InChI=1S/C11H11N3O3/c12-9-3-1-2-8(11(15)16)10(9)13-6-7-4-5-14-17-7/h1-5,13H,6,12H2,(H,15,16). The van der Waals surface area contributed by atoms with Gasteiger partial charge in [0.15, 0.2) is 5.76 Å². The molecule has 2 rings (SSSR count). The average molecular weight is 233 g/mol. The summed E-state index contributed by atoms with van der Waals surface area (Å²) in [5.74, 6) is -0.429. The summed E-state index contributed by atoms with van der Waals surface area (Å²) in [5, 5.41) is 15.5. The lowest BCUT2D eigenvalue weighted by atomic mass is 10.1. The Morgan fingerprint density at radius 1 is 1.47 bits per heavy atom. The molecule has 0 spiro atoms. The number of hydrogen-bond acceptors (Lipinski definition) is 5. The van der Waals surface area contributed by atoms with E-state index in [1.165, 1.54) is 12.3 Å². The number of aromatic nitrogens is 1.